The standard InChI is InChI=1S/C29H48O7/c1-5-12-35-26(34)16-36-25(33)9-6-17(2)20-7-8-21-27-22(15-24(32)29(20,21)4)28(3)11-10-19(30)13-18(28)14-23(27)31/h17-24,27,30-32H,5-16H2,1-4H3/t17-,18+,19-,20-,21+,22+,23-,24+,27+,28+,29-/m1/s1. The third-order valence-electron chi connectivity index (χ3n) is 11.1. The van der Waals surface area contributed by atoms with E-state index in [0.29, 0.717) is 25.4 Å². The number of esters is 2. The molecule has 0 aliphatic heterocycles. The maximum absolute atomic E-state index is 12.3. The lowest BCUT2D eigenvalue weighted by atomic mass is 9.43. The van der Waals surface area contributed by atoms with Crippen molar-refractivity contribution in [3.05, 3.63) is 0 Å². The second-order valence-electron chi connectivity index (χ2n) is 12.9. The maximum Gasteiger partial charge on any atom is 0.344 e. The summed E-state index contributed by atoms with van der Waals surface area (Å²) in [6, 6.07) is 0. The van der Waals surface area contributed by atoms with Gasteiger partial charge >= 0.3 is 11.9 Å². The van der Waals surface area contributed by atoms with Crippen LogP contribution in [0.3, 0.4) is 0 Å². The molecule has 11 atom stereocenters. The first-order valence-corrected chi connectivity index (χ1v) is 14.4. The fourth-order valence-electron chi connectivity index (χ4n) is 9.15. The number of aliphatic hydroxyl groups is 3. The summed E-state index contributed by atoms with van der Waals surface area (Å²) in [5.74, 6) is 0.633. The minimum Gasteiger partial charge on any atom is -0.463 e. The van der Waals surface area contributed by atoms with Crippen LogP contribution in [-0.4, -0.2) is 58.8 Å². The Bertz CT molecular complexity index is 800. The Morgan fingerprint density at radius 3 is 2.44 bits per heavy atom. The van der Waals surface area contributed by atoms with E-state index in [-0.39, 0.29) is 71.6 Å². The van der Waals surface area contributed by atoms with Crippen LogP contribution in [-0.2, 0) is 19.1 Å². The van der Waals surface area contributed by atoms with E-state index in [2.05, 4.69) is 20.8 Å². The van der Waals surface area contributed by atoms with Crippen molar-refractivity contribution in [2.75, 3.05) is 13.2 Å². The highest BCUT2D eigenvalue weighted by molar-refractivity contribution is 5.76. The molecule has 36 heavy (non-hydrogen) atoms. The molecule has 0 aromatic rings. The average molecular weight is 509 g/mol. The summed E-state index contributed by atoms with van der Waals surface area (Å²) in [6.45, 7) is 8.63. The molecule has 7 heteroatoms. The van der Waals surface area contributed by atoms with Gasteiger partial charge in [-0.1, -0.05) is 27.7 Å². The molecule has 4 saturated carbocycles. The zero-order valence-corrected chi connectivity index (χ0v) is 22.7. The molecule has 0 heterocycles. The van der Waals surface area contributed by atoms with E-state index >= 15 is 0 Å². The van der Waals surface area contributed by atoms with E-state index in [1.54, 1.807) is 0 Å². The summed E-state index contributed by atoms with van der Waals surface area (Å²) >= 11 is 0. The van der Waals surface area contributed by atoms with Crippen LogP contribution in [0.4, 0.5) is 0 Å². The zero-order valence-electron chi connectivity index (χ0n) is 22.7. The third-order valence-corrected chi connectivity index (χ3v) is 11.1. The Hall–Kier alpha value is -1.18. The number of fused-ring (bicyclic) bond motifs is 5. The lowest BCUT2D eigenvalue weighted by Gasteiger charge is -2.63. The molecule has 0 radical (unpaired) electrons. The molecule has 0 saturated heterocycles. The molecule has 0 aromatic heterocycles. The third kappa shape index (κ3) is 4.96. The second kappa shape index (κ2) is 10.9. The first-order valence-electron chi connectivity index (χ1n) is 14.4. The molecular weight excluding hydrogens is 460 g/mol. The minimum atomic E-state index is -0.515. The predicted molar refractivity (Wildman–Crippen MR) is 135 cm³/mol. The van der Waals surface area contributed by atoms with Crippen LogP contribution in [0.1, 0.15) is 91.9 Å². The highest BCUT2D eigenvalue weighted by Gasteiger charge is 2.65. The fourth-order valence-corrected chi connectivity index (χ4v) is 9.15. The number of carbonyl (C=O) groups excluding carboxylic acids is 2. The van der Waals surface area contributed by atoms with Gasteiger partial charge in [0.15, 0.2) is 6.61 Å². The molecule has 3 N–H and O–H groups in total. The Labute approximate surface area is 216 Å². The number of ether oxygens (including phenoxy) is 2. The van der Waals surface area contributed by atoms with Crippen molar-refractivity contribution in [1.82, 2.24) is 0 Å². The molecule has 0 aromatic carbocycles. The lowest BCUT2D eigenvalue weighted by molar-refractivity contribution is -0.207. The largest absolute Gasteiger partial charge is 0.463 e. The van der Waals surface area contributed by atoms with Crippen LogP contribution in [0.5, 0.6) is 0 Å². The topological polar surface area (TPSA) is 113 Å². The molecule has 4 rings (SSSR count). The Balaban J connectivity index is 1.40. The average Bonchev–Trinajstić information content (AvgIpc) is 3.20. The molecule has 4 aliphatic rings. The van der Waals surface area contributed by atoms with E-state index in [1.165, 1.54) is 0 Å². The Morgan fingerprint density at radius 2 is 1.72 bits per heavy atom. The van der Waals surface area contributed by atoms with Gasteiger partial charge in [-0.2, -0.15) is 0 Å². The highest BCUT2D eigenvalue weighted by atomic mass is 16.6. The van der Waals surface area contributed by atoms with Crippen molar-refractivity contribution in [1.29, 1.82) is 0 Å². The number of carbonyl (C=O) groups is 2. The lowest BCUT2D eigenvalue weighted by Crippen LogP contribution is -2.62. The quantitative estimate of drug-likeness (QED) is 0.427. The Morgan fingerprint density at radius 1 is 0.972 bits per heavy atom. The molecule has 206 valence electrons. The van der Waals surface area contributed by atoms with Crippen molar-refractivity contribution in [2.45, 2.75) is 110 Å². The molecule has 4 fully saturated rings. The summed E-state index contributed by atoms with van der Waals surface area (Å²) < 4.78 is 10.1. The van der Waals surface area contributed by atoms with Crippen LogP contribution >= 0.6 is 0 Å². The summed E-state index contributed by atoms with van der Waals surface area (Å²) in [5, 5.41) is 33.3. The second-order valence-corrected chi connectivity index (χ2v) is 12.9. The Kier molecular flexibility index (Phi) is 8.43. The molecule has 0 bridgehead atoms. The molecule has 0 unspecified atom stereocenters. The smallest absolute Gasteiger partial charge is 0.344 e. The van der Waals surface area contributed by atoms with Gasteiger partial charge in [0.2, 0.25) is 0 Å². The summed E-state index contributed by atoms with van der Waals surface area (Å²) in [7, 11) is 0. The van der Waals surface area contributed by atoms with E-state index in [9.17, 15) is 24.9 Å². The first-order chi connectivity index (χ1) is 17.0. The number of aliphatic hydroxyl groups excluding tert-OH is 3. The van der Waals surface area contributed by atoms with Gasteiger partial charge in [-0.25, -0.2) is 4.79 Å². The van der Waals surface area contributed by atoms with Crippen LogP contribution in [0.25, 0.3) is 0 Å². The van der Waals surface area contributed by atoms with Crippen molar-refractivity contribution < 1.29 is 34.4 Å². The summed E-state index contributed by atoms with van der Waals surface area (Å²) in [4.78, 5) is 23.9. The van der Waals surface area contributed by atoms with Crippen LogP contribution in [0.2, 0.25) is 0 Å². The zero-order chi connectivity index (χ0) is 26.3. The molecule has 7 nitrogen and oxygen atoms in total. The van der Waals surface area contributed by atoms with Crippen molar-refractivity contribution in [2.24, 2.45) is 46.3 Å². The van der Waals surface area contributed by atoms with E-state index in [0.717, 1.165) is 44.9 Å². The number of hydrogen-bond acceptors (Lipinski definition) is 7. The molecule has 4 aliphatic carbocycles. The minimum absolute atomic E-state index is 0.0666. The SMILES string of the molecule is CCCOC(=O)COC(=O)CC[C@@H](C)[C@H]1CC[C@H]2[C@@H]3[C@H](O)C[C@@H]4C[C@H](O)CC[C@]4(C)[C@H]3C[C@H](O)[C@]12C. The highest BCUT2D eigenvalue weighted by Crippen LogP contribution is 2.68. The van der Waals surface area contributed by atoms with Crippen LogP contribution < -0.4 is 0 Å². The van der Waals surface area contributed by atoms with Crippen LogP contribution in [0, 0.1) is 46.3 Å². The molecule has 0 spiro atoms. The molecule has 0 amide bonds. The monoisotopic (exact) mass is 508 g/mol. The van der Waals surface area contributed by atoms with Gasteiger partial charge in [-0.3, -0.25) is 4.79 Å². The fraction of sp³-hybridized carbons (Fsp3) is 0.931. The van der Waals surface area contributed by atoms with E-state index < -0.39 is 12.1 Å². The van der Waals surface area contributed by atoms with Gasteiger partial charge in [0, 0.05) is 6.42 Å². The van der Waals surface area contributed by atoms with Crippen molar-refractivity contribution in [3.63, 3.8) is 0 Å². The summed E-state index contributed by atoms with van der Waals surface area (Å²) in [5.41, 5.74) is -0.218. The van der Waals surface area contributed by atoms with Gasteiger partial charge in [0.25, 0.3) is 0 Å². The number of rotatable bonds is 8. The van der Waals surface area contributed by atoms with Gasteiger partial charge < -0.3 is 24.8 Å². The van der Waals surface area contributed by atoms with Gasteiger partial charge in [0.05, 0.1) is 24.9 Å². The van der Waals surface area contributed by atoms with Crippen molar-refractivity contribution in [3.8, 4) is 0 Å². The maximum atomic E-state index is 12.3. The predicted octanol–water partition coefficient (Wildman–Crippen LogP) is 3.86. The van der Waals surface area contributed by atoms with Crippen molar-refractivity contribution >= 4 is 11.9 Å². The summed E-state index contributed by atoms with van der Waals surface area (Å²) in [6.07, 6.45) is 6.54. The van der Waals surface area contributed by atoms with Gasteiger partial charge in [-0.05, 0) is 104 Å². The van der Waals surface area contributed by atoms with Gasteiger partial charge in [-0.15, -0.1) is 0 Å². The first kappa shape index (κ1) is 27.8. The van der Waals surface area contributed by atoms with E-state index in [1.807, 2.05) is 6.92 Å². The van der Waals surface area contributed by atoms with Gasteiger partial charge in [0.1, 0.15) is 0 Å². The normalized spacial score (nSPS) is 44.6. The van der Waals surface area contributed by atoms with E-state index in [4.69, 9.17) is 9.47 Å². The molecular formula is C29H48O7. The number of hydrogen-bond donors (Lipinski definition) is 3. The van der Waals surface area contributed by atoms with Crippen LogP contribution in [0.15, 0.2) is 0 Å².